The minimum atomic E-state index is -0.431. The predicted molar refractivity (Wildman–Crippen MR) is 77.5 cm³/mol. The summed E-state index contributed by atoms with van der Waals surface area (Å²) in [6.07, 6.45) is 2.12. The van der Waals surface area contributed by atoms with E-state index in [0.29, 0.717) is 5.82 Å². The summed E-state index contributed by atoms with van der Waals surface area (Å²) in [4.78, 5) is 30.7. The van der Waals surface area contributed by atoms with Gasteiger partial charge in [0.15, 0.2) is 0 Å². The Morgan fingerprint density at radius 1 is 1.35 bits per heavy atom. The van der Waals surface area contributed by atoms with Crippen LogP contribution in [0.3, 0.4) is 0 Å². The summed E-state index contributed by atoms with van der Waals surface area (Å²) in [5, 5.41) is 2.75. The highest BCUT2D eigenvalue weighted by atomic mass is 16.2. The van der Waals surface area contributed by atoms with Gasteiger partial charge in [0.25, 0.3) is 11.5 Å². The Balaban J connectivity index is 2.27. The van der Waals surface area contributed by atoms with Gasteiger partial charge in [-0.25, -0.2) is 4.98 Å². The highest BCUT2D eigenvalue weighted by molar-refractivity contribution is 5.93. The first kappa shape index (κ1) is 14.0. The van der Waals surface area contributed by atoms with Crippen LogP contribution in [0.2, 0.25) is 0 Å². The normalized spacial score (nSPS) is 11.9. The predicted octanol–water partition coefficient (Wildman–Crippen LogP) is 1.97. The molecule has 0 aliphatic carbocycles. The van der Waals surface area contributed by atoms with Gasteiger partial charge in [-0.1, -0.05) is 37.3 Å². The van der Waals surface area contributed by atoms with Gasteiger partial charge in [0.1, 0.15) is 11.4 Å². The van der Waals surface area contributed by atoms with Crippen LogP contribution in [0.4, 0.5) is 0 Å². The van der Waals surface area contributed by atoms with Crippen molar-refractivity contribution in [1.29, 1.82) is 0 Å². The summed E-state index contributed by atoms with van der Waals surface area (Å²) in [6.45, 7) is 3.85. The quantitative estimate of drug-likeness (QED) is 0.892. The fraction of sp³-hybridized carbons (Fsp3) is 0.267. The molecule has 20 heavy (non-hydrogen) atoms. The zero-order valence-electron chi connectivity index (χ0n) is 11.5. The molecule has 2 aromatic rings. The average molecular weight is 271 g/mol. The standard InChI is InChI=1S/C15H17N3O2/c1-3-10(2)17-14(19)12-9-16-13(18-15(12)20)11-7-5-4-6-8-11/h4-10H,3H2,1-2H3,(H,17,19)(H,16,18,20)/t10-/m0/s1. The highest BCUT2D eigenvalue weighted by Gasteiger charge is 2.13. The Morgan fingerprint density at radius 2 is 2.05 bits per heavy atom. The van der Waals surface area contributed by atoms with Crippen LogP contribution in [0.15, 0.2) is 41.3 Å². The second-order valence-electron chi connectivity index (χ2n) is 4.62. The minimum absolute atomic E-state index is 0.0238. The molecule has 0 aliphatic rings. The van der Waals surface area contributed by atoms with Crippen LogP contribution in [0.1, 0.15) is 30.6 Å². The molecule has 0 spiro atoms. The first-order valence-corrected chi connectivity index (χ1v) is 6.57. The van der Waals surface area contributed by atoms with Crippen LogP contribution in [0.25, 0.3) is 11.4 Å². The number of H-pyrrole nitrogens is 1. The Labute approximate surface area is 117 Å². The zero-order chi connectivity index (χ0) is 14.5. The average Bonchev–Trinajstić information content (AvgIpc) is 2.47. The Kier molecular flexibility index (Phi) is 4.30. The van der Waals surface area contributed by atoms with Gasteiger partial charge in [0.05, 0.1) is 0 Å². The number of hydrogen-bond acceptors (Lipinski definition) is 3. The Bertz CT molecular complexity index is 650. The van der Waals surface area contributed by atoms with E-state index in [1.807, 2.05) is 44.2 Å². The van der Waals surface area contributed by atoms with Gasteiger partial charge < -0.3 is 10.3 Å². The fourth-order valence-corrected chi connectivity index (χ4v) is 1.70. The molecular formula is C15H17N3O2. The monoisotopic (exact) mass is 271 g/mol. The van der Waals surface area contributed by atoms with Gasteiger partial charge in [0, 0.05) is 17.8 Å². The summed E-state index contributed by atoms with van der Waals surface area (Å²) in [7, 11) is 0. The second-order valence-corrected chi connectivity index (χ2v) is 4.62. The highest BCUT2D eigenvalue weighted by Crippen LogP contribution is 2.11. The van der Waals surface area contributed by atoms with Crippen molar-refractivity contribution in [2.75, 3.05) is 0 Å². The molecule has 5 heteroatoms. The van der Waals surface area contributed by atoms with Crippen molar-refractivity contribution in [2.45, 2.75) is 26.3 Å². The summed E-state index contributed by atoms with van der Waals surface area (Å²) < 4.78 is 0. The van der Waals surface area contributed by atoms with E-state index in [2.05, 4.69) is 15.3 Å². The number of amides is 1. The molecule has 0 radical (unpaired) electrons. The Morgan fingerprint density at radius 3 is 2.65 bits per heavy atom. The van der Waals surface area contributed by atoms with Crippen molar-refractivity contribution in [3.8, 4) is 11.4 Å². The van der Waals surface area contributed by atoms with E-state index in [1.54, 1.807) is 0 Å². The number of hydrogen-bond donors (Lipinski definition) is 2. The third kappa shape index (κ3) is 3.12. The van der Waals surface area contributed by atoms with Crippen molar-refractivity contribution in [2.24, 2.45) is 0 Å². The molecule has 5 nitrogen and oxygen atoms in total. The second kappa shape index (κ2) is 6.14. The van der Waals surface area contributed by atoms with Gasteiger partial charge in [-0.15, -0.1) is 0 Å². The lowest BCUT2D eigenvalue weighted by Gasteiger charge is -2.10. The molecule has 0 saturated heterocycles. The third-order valence-electron chi connectivity index (χ3n) is 3.08. The van der Waals surface area contributed by atoms with E-state index in [0.717, 1.165) is 12.0 Å². The van der Waals surface area contributed by atoms with Gasteiger partial charge in [-0.05, 0) is 13.3 Å². The molecule has 1 atom stereocenters. The van der Waals surface area contributed by atoms with Crippen LogP contribution in [0, 0.1) is 0 Å². The number of nitrogens with zero attached hydrogens (tertiary/aromatic N) is 1. The topological polar surface area (TPSA) is 74.8 Å². The van der Waals surface area contributed by atoms with Crippen LogP contribution < -0.4 is 10.9 Å². The zero-order valence-corrected chi connectivity index (χ0v) is 11.5. The molecule has 2 rings (SSSR count). The molecule has 1 aromatic carbocycles. The molecule has 2 N–H and O–H groups in total. The Hall–Kier alpha value is -2.43. The third-order valence-corrected chi connectivity index (χ3v) is 3.08. The maximum Gasteiger partial charge on any atom is 0.264 e. The van der Waals surface area contributed by atoms with Crippen molar-refractivity contribution in [3.05, 3.63) is 52.4 Å². The minimum Gasteiger partial charge on any atom is -0.349 e. The van der Waals surface area contributed by atoms with Crippen molar-refractivity contribution >= 4 is 5.91 Å². The first-order chi connectivity index (χ1) is 9.61. The number of aromatic amines is 1. The number of carbonyl (C=O) groups is 1. The number of rotatable bonds is 4. The van der Waals surface area contributed by atoms with Gasteiger partial charge in [-0.3, -0.25) is 9.59 Å². The van der Waals surface area contributed by atoms with Crippen LogP contribution in [0.5, 0.6) is 0 Å². The van der Waals surface area contributed by atoms with Gasteiger partial charge in [0.2, 0.25) is 0 Å². The van der Waals surface area contributed by atoms with E-state index < -0.39 is 11.5 Å². The number of nitrogens with one attached hydrogen (secondary N) is 2. The lowest BCUT2D eigenvalue weighted by Crippen LogP contribution is -2.35. The molecule has 104 valence electrons. The molecule has 1 aromatic heterocycles. The largest absolute Gasteiger partial charge is 0.349 e. The van der Waals surface area contributed by atoms with Gasteiger partial charge >= 0.3 is 0 Å². The first-order valence-electron chi connectivity index (χ1n) is 6.57. The number of benzene rings is 1. The van der Waals surface area contributed by atoms with E-state index in [4.69, 9.17) is 0 Å². The van der Waals surface area contributed by atoms with Crippen molar-refractivity contribution in [3.63, 3.8) is 0 Å². The lowest BCUT2D eigenvalue weighted by atomic mass is 10.2. The summed E-state index contributed by atoms with van der Waals surface area (Å²) in [5.41, 5.74) is 0.406. The lowest BCUT2D eigenvalue weighted by molar-refractivity contribution is 0.0937. The molecule has 0 aliphatic heterocycles. The van der Waals surface area contributed by atoms with E-state index in [1.165, 1.54) is 6.20 Å². The summed E-state index contributed by atoms with van der Waals surface area (Å²) in [5.74, 6) is 0.0587. The summed E-state index contributed by atoms with van der Waals surface area (Å²) >= 11 is 0. The van der Waals surface area contributed by atoms with Crippen LogP contribution in [-0.4, -0.2) is 21.9 Å². The SMILES string of the molecule is CC[C@H](C)NC(=O)c1cnc(-c2ccccc2)[nH]c1=O. The summed E-state index contributed by atoms with van der Waals surface area (Å²) in [6, 6.07) is 9.32. The molecule has 1 amide bonds. The maximum absolute atomic E-state index is 12.0. The molecular weight excluding hydrogens is 254 g/mol. The van der Waals surface area contributed by atoms with E-state index in [-0.39, 0.29) is 11.6 Å². The molecule has 0 unspecified atom stereocenters. The maximum atomic E-state index is 12.0. The molecule has 0 bridgehead atoms. The van der Waals surface area contributed by atoms with Gasteiger partial charge in [-0.2, -0.15) is 0 Å². The van der Waals surface area contributed by atoms with Crippen molar-refractivity contribution < 1.29 is 4.79 Å². The van der Waals surface area contributed by atoms with Crippen LogP contribution in [-0.2, 0) is 0 Å². The molecule has 1 heterocycles. The number of carbonyl (C=O) groups excluding carboxylic acids is 1. The fourth-order valence-electron chi connectivity index (χ4n) is 1.70. The molecule has 0 saturated carbocycles. The molecule has 0 fully saturated rings. The van der Waals surface area contributed by atoms with Crippen LogP contribution >= 0.6 is 0 Å². The van der Waals surface area contributed by atoms with E-state index >= 15 is 0 Å². The van der Waals surface area contributed by atoms with E-state index in [9.17, 15) is 9.59 Å². The number of aromatic nitrogens is 2. The smallest absolute Gasteiger partial charge is 0.264 e. The van der Waals surface area contributed by atoms with Crippen molar-refractivity contribution in [1.82, 2.24) is 15.3 Å².